The molecule has 0 aromatic carbocycles. The van der Waals surface area contributed by atoms with Crippen LogP contribution in [-0.2, 0) is 18.3 Å². The highest BCUT2D eigenvalue weighted by Crippen LogP contribution is 2.20. The van der Waals surface area contributed by atoms with Crippen LogP contribution in [0.25, 0.3) is 0 Å². The van der Waals surface area contributed by atoms with Crippen LogP contribution in [0.3, 0.4) is 0 Å². The highest BCUT2D eigenvalue weighted by Gasteiger charge is 2.26. The molecule has 0 unspecified atom stereocenters. The standard InChI is InChI=1S/C17H24N6O/c1-13-18-8-5-16(20-13)23-10-6-14(7-11-23)21(2)17(24)12-15-4-9-19-22(15)3/h4-5,8-9,14H,6-7,10-12H2,1-3H3. The number of rotatable bonds is 4. The number of hydrogen-bond donors (Lipinski definition) is 0. The minimum absolute atomic E-state index is 0.148. The summed E-state index contributed by atoms with van der Waals surface area (Å²) in [5, 5.41) is 4.12. The normalized spacial score (nSPS) is 15.5. The van der Waals surface area contributed by atoms with Crippen molar-refractivity contribution in [3.05, 3.63) is 36.0 Å². The van der Waals surface area contributed by atoms with Crippen LogP contribution < -0.4 is 4.90 Å². The zero-order valence-electron chi connectivity index (χ0n) is 14.5. The van der Waals surface area contributed by atoms with Gasteiger partial charge in [-0.05, 0) is 31.9 Å². The Kier molecular flexibility index (Phi) is 4.78. The van der Waals surface area contributed by atoms with Gasteiger partial charge in [-0.3, -0.25) is 9.48 Å². The van der Waals surface area contributed by atoms with Gasteiger partial charge in [-0.15, -0.1) is 0 Å². The Bertz CT molecular complexity index is 705. The molecule has 24 heavy (non-hydrogen) atoms. The van der Waals surface area contributed by atoms with Crippen LogP contribution in [0.15, 0.2) is 24.5 Å². The SMILES string of the molecule is Cc1nccc(N2CCC(N(C)C(=O)Cc3ccnn3C)CC2)n1. The monoisotopic (exact) mass is 328 g/mol. The lowest BCUT2D eigenvalue weighted by molar-refractivity contribution is -0.131. The number of likely N-dealkylation sites (N-methyl/N-ethyl adjacent to an activating group) is 1. The molecule has 1 saturated heterocycles. The third-order valence-electron chi connectivity index (χ3n) is 4.75. The van der Waals surface area contributed by atoms with Crippen LogP contribution in [-0.4, -0.2) is 56.7 Å². The molecule has 1 amide bonds. The maximum absolute atomic E-state index is 12.5. The molecule has 2 aromatic heterocycles. The lowest BCUT2D eigenvalue weighted by Crippen LogP contribution is -2.46. The fourth-order valence-electron chi connectivity index (χ4n) is 3.16. The summed E-state index contributed by atoms with van der Waals surface area (Å²) in [6, 6.07) is 4.13. The van der Waals surface area contributed by atoms with Gasteiger partial charge in [-0.1, -0.05) is 0 Å². The topological polar surface area (TPSA) is 67.2 Å². The first-order chi connectivity index (χ1) is 11.5. The minimum Gasteiger partial charge on any atom is -0.356 e. The largest absolute Gasteiger partial charge is 0.356 e. The average molecular weight is 328 g/mol. The third kappa shape index (κ3) is 3.55. The number of amides is 1. The zero-order chi connectivity index (χ0) is 17.1. The first-order valence-corrected chi connectivity index (χ1v) is 8.31. The van der Waals surface area contributed by atoms with Crippen LogP contribution in [0.4, 0.5) is 5.82 Å². The Hall–Kier alpha value is -2.44. The lowest BCUT2D eigenvalue weighted by Gasteiger charge is -2.37. The van der Waals surface area contributed by atoms with Crippen LogP contribution in [0.2, 0.25) is 0 Å². The summed E-state index contributed by atoms with van der Waals surface area (Å²) in [6.07, 6.45) is 5.84. The number of piperidine rings is 1. The van der Waals surface area contributed by atoms with Crippen molar-refractivity contribution in [1.29, 1.82) is 0 Å². The second kappa shape index (κ2) is 6.98. The van der Waals surface area contributed by atoms with Crippen molar-refractivity contribution in [1.82, 2.24) is 24.6 Å². The summed E-state index contributed by atoms with van der Waals surface area (Å²) in [5.41, 5.74) is 0.945. The summed E-state index contributed by atoms with van der Waals surface area (Å²) in [5.74, 6) is 1.91. The number of aromatic nitrogens is 4. The van der Waals surface area contributed by atoms with E-state index in [4.69, 9.17) is 0 Å². The van der Waals surface area contributed by atoms with Gasteiger partial charge in [0.2, 0.25) is 5.91 Å². The fraction of sp³-hybridized carbons (Fsp3) is 0.529. The van der Waals surface area contributed by atoms with E-state index in [2.05, 4.69) is 20.0 Å². The van der Waals surface area contributed by atoms with E-state index in [0.717, 1.165) is 43.3 Å². The average Bonchev–Trinajstić information content (AvgIpc) is 2.99. The van der Waals surface area contributed by atoms with Gasteiger partial charge in [0, 0.05) is 51.3 Å². The van der Waals surface area contributed by atoms with Crippen molar-refractivity contribution < 1.29 is 4.79 Å². The Labute approximate surface area is 142 Å². The van der Waals surface area contributed by atoms with Gasteiger partial charge in [-0.2, -0.15) is 5.10 Å². The predicted molar refractivity (Wildman–Crippen MR) is 91.7 cm³/mol. The van der Waals surface area contributed by atoms with Gasteiger partial charge in [-0.25, -0.2) is 9.97 Å². The number of carbonyl (C=O) groups is 1. The second-order valence-corrected chi connectivity index (χ2v) is 6.31. The molecule has 0 radical (unpaired) electrons. The van der Waals surface area contributed by atoms with Gasteiger partial charge in [0.1, 0.15) is 11.6 Å². The minimum atomic E-state index is 0.148. The molecule has 0 aliphatic carbocycles. The van der Waals surface area contributed by atoms with E-state index < -0.39 is 0 Å². The molecule has 1 aliphatic rings. The molecule has 0 N–H and O–H groups in total. The van der Waals surface area contributed by atoms with E-state index in [9.17, 15) is 4.79 Å². The quantitative estimate of drug-likeness (QED) is 0.843. The van der Waals surface area contributed by atoms with E-state index >= 15 is 0 Å². The second-order valence-electron chi connectivity index (χ2n) is 6.31. The molecule has 128 valence electrons. The lowest BCUT2D eigenvalue weighted by atomic mass is 10.0. The number of anilines is 1. The summed E-state index contributed by atoms with van der Waals surface area (Å²) >= 11 is 0. The molecule has 1 aliphatic heterocycles. The van der Waals surface area contributed by atoms with E-state index in [1.165, 1.54) is 0 Å². The van der Waals surface area contributed by atoms with Crippen molar-refractivity contribution in [2.24, 2.45) is 7.05 Å². The van der Waals surface area contributed by atoms with Crippen molar-refractivity contribution in [3.63, 3.8) is 0 Å². The van der Waals surface area contributed by atoms with Gasteiger partial charge >= 0.3 is 0 Å². The maximum atomic E-state index is 12.5. The molecule has 7 nitrogen and oxygen atoms in total. The highest BCUT2D eigenvalue weighted by atomic mass is 16.2. The van der Waals surface area contributed by atoms with Crippen LogP contribution >= 0.6 is 0 Å². The van der Waals surface area contributed by atoms with Crippen molar-refractivity contribution >= 4 is 11.7 Å². The maximum Gasteiger partial charge on any atom is 0.228 e. The van der Waals surface area contributed by atoms with Crippen LogP contribution in [0.5, 0.6) is 0 Å². The van der Waals surface area contributed by atoms with Gasteiger partial charge < -0.3 is 9.80 Å². The number of carbonyl (C=O) groups excluding carboxylic acids is 1. The van der Waals surface area contributed by atoms with Crippen LogP contribution in [0.1, 0.15) is 24.4 Å². The summed E-state index contributed by atoms with van der Waals surface area (Å²) in [7, 11) is 3.78. The smallest absolute Gasteiger partial charge is 0.228 e. The predicted octanol–water partition coefficient (Wildman–Crippen LogP) is 1.19. The highest BCUT2D eigenvalue weighted by molar-refractivity contribution is 5.78. The summed E-state index contributed by atoms with van der Waals surface area (Å²) in [6.45, 7) is 3.72. The molecule has 0 atom stereocenters. The molecule has 0 bridgehead atoms. The van der Waals surface area contributed by atoms with Crippen molar-refractivity contribution in [2.75, 3.05) is 25.0 Å². The van der Waals surface area contributed by atoms with E-state index in [1.807, 2.05) is 38.1 Å². The van der Waals surface area contributed by atoms with Crippen molar-refractivity contribution in [3.8, 4) is 0 Å². The molecule has 0 saturated carbocycles. The number of nitrogens with zero attached hydrogens (tertiary/aromatic N) is 6. The Morgan fingerprint density at radius 3 is 2.67 bits per heavy atom. The molecule has 2 aromatic rings. The Morgan fingerprint density at radius 1 is 1.29 bits per heavy atom. The third-order valence-corrected chi connectivity index (χ3v) is 4.75. The van der Waals surface area contributed by atoms with Crippen molar-refractivity contribution in [2.45, 2.75) is 32.2 Å². The number of hydrogen-bond acceptors (Lipinski definition) is 5. The Balaban J connectivity index is 1.56. The van der Waals surface area contributed by atoms with Gasteiger partial charge in [0.05, 0.1) is 6.42 Å². The molecule has 3 heterocycles. The molecule has 3 rings (SSSR count). The molecule has 1 fully saturated rings. The first kappa shape index (κ1) is 16.4. The van der Waals surface area contributed by atoms with E-state index in [0.29, 0.717) is 6.42 Å². The van der Waals surface area contributed by atoms with Gasteiger partial charge in [0.15, 0.2) is 0 Å². The Morgan fingerprint density at radius 2 is 2.04 bits per heavy atom. The summed E-state index contributed by atoms with van der Waals surface area (Å²) < 4.78 is 1.76. The number of aryl methyl sites for hydroxylation is 2. The molecular formula is C17H24N6O. The molecule has 7 heteroatoms. The molecule has 0 spiro atoms. The zero-order valence-corrected chi connectivity index (χ0v) is 14.5. The first-order valence-electron chi connectivity index (χ1n) is 8.31. The van der Waals surface area contributed by atoms with Crippen LogP contribution in [0, 0.1) is 6.92 Å². The van der Waals surface area contributed by atoms with Gasteiger partial charge in [0.25, 0.3) is 0 Å². The fourth-order valence-corrected chi connectivity index (χ4v) is 3.16. The van der Waals surface area contributed by atoms with E-state index in [1.54, 1.807) is 17.1 Å². The summed E-state index contributed by atoms with van der Waals surface area (Å²) in [4.78, 5) is 25.3. The van der Waals surface area contributed by atoms with E-state index in [-0.39, 0.29) is 11.9 Å². The molecular weight excluding hydrogens is 304 g/mol.